The van der Waals surface area contributed by atoms with E-state index in [0.717, 1.165) is 0 Å². The molecule has 160 valence electrons. The third-order valence-corrected chi connectivity index (χ3v) is 6.33. The Labute approximate surface area is 189 Å². The third-order valence-electron chi connectivity index (χ3n) is 6.33. The summed E-state index contributed by atoms with van der Waals surface area (Å²) in [5, 5.41) is 5.36. The molecule has 0 aliphatic heterocycles. The van der Waals surface area contributed by atoms with E-state index in [1.165, 1.54) is 49.2 Å². The van der Waals surface area contributed by atoms with Gasteiger partial charge in [0.2, 0.25) is 0 Å². The molecule has 2 heteroatoms. The van der Waals surface area contributed by atoms with E-state index in [9.17, 15) is 0 Å². The van der Waals surface area contributed by atoms with Crippen LogP contribution in [-0.4, -0.2) is 9.55 Å². The predicted molar refractivity (Wildman–Crippen MR) is 140 cm³/mol. The van der Waals surface area contributed by atoms with Crippen LogP contribution in [0.1, 0.15) is 45.2 Å². The van der Waals surface area contributed by atoms with Crippen LogP contribution in [0.5, 0.6) is 0 Å². The van der Waals surface area contributed by atoms with E-state index in [1.54, 1.807) is 0 Å². The van der Waals surface area contributed by atoms with Gasteiger partial charge in [0.15, 0.2) is 0 Å². The first-order chi connectivity index (χ1) is 15.6. The number of H-pyrrole nitrogens is 1. The average molecular weight is 419 g/mol. The van der Waals surface area contributed by atoms with E-state index in [1.807, 2.05) is 0 Å². The van der Waals surface area contributed by atoms with Crippen molar-refractivity contribution in [3.05, 3.63) is 96.6 Å². The van der Waals surface area contributed by atoms with E-state index in [4.69, 9.17) is 0 Å². The number of para-hydroxylation sites is 4. The molecule has 0 amide bonds. The van der Waals surface area contributed by atoms with Crippen molar-refractivity contribution in [3.8, 4) is 0 Å². The van der Waals surface area contributed by atoms with Crippen LogP contribution in [0.25, 0.3) is 43.6 Å². The summed E-state index contributed by atoms with van der Waals surface area (Å²) in [6, 6.07) is 32.8. The van der Waals surface area contributed by atoms with Crippen molar-refractivity contribution >= 4 is 43.6 Å². The summed E-state index contributed by atoms with van der Waals surface area (Å²) in [5.74, 6) is 0.553. The molecule has 0 aliphatic carbocycles. The van der Waals surface area contributed by atoms with Crippen LogP contribution in [0.3, 0.4) is 0 Å². The minimum atomic E-state index is 0.491. The minimum Gasteiger partial charge on any atom is -0.354 e. The molecule has 0 spiro atoms. The highest BCUT2D eigenvalue weighted by Crippen LogP contribution is 2.32. The van der Waals surface area contributed by atoms with Gasteiger partial charge in [-0.1, -0.05) is 86.6 Å². The van der Waals surface area contributed by atoms with Gasteiger partial charge in [0.25, 0.3) is 0 Å². The van der Waals surface area contributed by atoms with Crippen LogP contribution in [0.2, 0.25) is 0 Å². The fraction of sp³-hybridized carbons (Fsp3) is 0.200. The molecular formula is C30H30N2. The Morgan fingerprint density at radius 3 is 1.69 bits per heavy atom. The fourth-order valence-electron chi connectivity index (χ4n) is 4.89. The first kappa shape index (κ1) is 20.4. The summed E-state index contributed by atoms with van der Waals surface area (Å²) in [5.41, 5.74) is 6.58. The minimum absolute atomic E-state index is 0.491. The van der Waals surface area contributed by atoms with Gasteiger partial charge in [0.05, 0.1) is 0 Å². The van der Waals surface area contributed by atoms with Crippen molar-refractivity contribution in [1.29, 1.82) is 0 Å². The highest BCUT2D eigenvalue weighted by molar-refractivity contribution is 6.09. The number of nitrogens with zero attached hydrogens (tertiary/aromatic N) is 1. The van der Waals surface area contributed by atoms with Crippen LogP contribution in [0.4, 0.5) is 0 Å². The highest BCUT2D eigenvalue weighted by atomic mass is 15.0. The maximum Gasteiger partial charge on any atom is 0.0500 e. The Morgan fingerprint density at radius 1 is 0.562 bits per heavy atom. The van der Waals surface area contributed by atoms with E-state index >= 15 is 0 Å². The van der Waals surface area contributed by atoms with Crippen molar-refractivity contribution in [3.63, 3.8) is 0 Å². The van der Waals surface area contributed by atoms with Crippen LogP contribution in [0, 0.1) is 0 Å². The van der Waals surface area contributed by atoms with Crippen molar-refractivity contribution in [2.75, 3.05) is 0 Å². The smallest absolute Gasteiger partial charge is 0.0500 e. The highest BCUT2D eigenvalue weighted by Gasteiger charge is 2.11. The Balaban J connectivity index is 0.000000135. The summed E-state index contributed by atoms with van der Waals surface area (Å²) < 4.78 is 2.41. The number of fused-ring (bicyclic) bond motifs is 6. The molecule has 0 saturated carbocycles. The van der Waals surface area contributed by atoms with Gasteiger partial charge in [0, 0.05) is 49.7 Å². The maximum absolute atomic E-state index is 3.53. The number of rotatable bonds is 2. The first-order valence-electron chi connectivity index (χ1n) is 11.5. The number of nitrogens with one attached hydrogen (secondary N) is 1. The summed E-state index contributed by atoms with van der Waals surface area (Å²) in [4.78, 5) is 3.53. The third kappa shape index (κ3) is 3.36. The molecule has 32 heavy (non-hydrogen) atoms. The molecule has 0 bridgehead atoms. The summed E-state index contributed by atoms with van der Waals surface area (Å²) in [6.45, 7) is 8.94. The van der Waals surface area contributed by atoms with Crippen molar-refractivity contribution < 1.29 is 0 Å². The van der Waals surface area contributed by atoms with Crippen molar-refractivity contribution in [1.82, 2.24) is 9.55 Å². The average Bonchev–Trinajstić information content (AvgIpc) is 3.35. The zero-order valence-corrected chi connectivity index (χ0v) is 19.3. The molecule has 0 saturated heterocycles. The molecule has 0 unspecified atom stereocenters. The number of hydrogen-bond donors (Lipinski definition) is 1. The maximum atomic E-state index is 3.53. The van der Waals surface area contributed by atoms with Gasteiger partial charge in [0.1, 0.15) is 0 Å². The Hall–Kier alpha value is -3.52. The summed E-state index contributed by atoms with van der Waals surface area (Å²) >= 11 is 0. The lowest BCUT2D eigenvalue weighted by molar-refractivity contribution is 0.642. The lowest BCUT2D eigenvalue weighted by Gasteiger charge is -2.10. The second kappa shape index (κ2) is 8.20. The molecule has 2 nitrogen and oxygen atoms in total. The summed E-state index contributed by atoms with van der Waals surface area (Å²) in [6.07, 6.45) is 0. The monoisotopic (exact) mass is 418 g/mol. The number of aromatic amines is 1. The Bertz CT molecular complexity index is 1470. The predicted octanol–water partition coefficient (Wildman–Crippen LogP) is 8.82. The zero-order chi connectivity index (χ0) is 22.2. The molecule has 2 aromatic heterocycles. The number of hydrogen-bond acceptors (Lipinski definition) is 0. The lowest BCUT2D eigenvalue weighted by Crippen LogP contribution is -1.99. The zero-order valence-electron chi connectivity index (χ0n) is 19.3. The number of benzene rings is 4. The van der Waals surface area contributed by atoms with Crippen molar-refractivity contribution in [2.24, 2.45) is 0 Å². The SMILES string of the molecule is CC(C)c1cccc2c1[nH]c1ccccc12.CC(C)n1c2ccccc2c2ccccc21. The first-order valence-corrected chi connectivity index (χ1v) is 11.5. The largest absolute Gasteiger partial charge is 0.354 e. The number of aromatic nitrogens is 2. The van der Waals surface area contributed by atoms with Crippen LogP contribution in [-0.2, 0) is 0 Å². The molecule has 2 heterocycles. The molecule has 0 aliphatic rings. The van der Waals surface area contributed by atoms with Gasteiger partial charge >= 0.3 is 0 Å². The normalized spacial score (nSPS) is 11.7. The van der Waals surface area contributed by atoms with Crippen molar-refractivity contribution in [2.45, 2.75) is 39.7 Å². The van der Waals surface area contributed by atoms with Crippen LogP contribution >= 0.6 is 0 Å². The Morgan fingerprint density at radius 2 is 1.09 bits per heavy atom. The lowest BCUT2D eigenvalue weighted by atomic mass is 10.00. The van der Waals surface area contributed by atoms with E-state index in [2.05, 4.69) is 128 Å². The van der Waals surface area contributed by atoms with Gasteiger partial charge in [-0.05, 0) is 43.5 Å². The van der Waals surface area contributed by atoms with Gasteiger partial charge < -0.3 is 9.55 Å². The second-order valence-electron chi connectivity index (χ2n) is 9.09. The topological polar surface area (TPSA) is 20.7 Å². The van der Waals surface area contributed by atoms with E-state index < -0.39 is 0 Å². The molecule has 1 N–H and O–H groups in total. The molecule has 0 fully saturated rings. The van der Waals surface area contributed by atoms with Gasteiger partial charge in [-0.25, -0.2) is 0 Å². The van der Waals surface area contributed by atoms with E-state index in [-0.39, 0.29) is 0 Å². The van der Waals surface area contributed by atoms with Crippen LogP contribution < -0.4 is 0 Å². The standard InChI is InChI=1S/2C15H15N/c1-11(2)16-14-9-5-3-7-12(14)13-8-4-6-10-15(13)16;1-10(2)11-7-5-8-13-12-6-3-4-9-14(12)16-15(11)13/h3-11H,1-2H3;3-10,16H,1-2H3. The quantitative estimate of drug-likeness (QED) is 0.290. The van der Waals surface area contributed by atoms with E-state index in [0.29, 0.717) is 12.0 Å². The molecule has 6 aromatic rings. The van der Waals surface area contributed by atoms with Gasteiger partial charge in [-0.3, -0.25) is 0 Å². The van der Waals surface area contributed by atoms with Gasteiger partial charge in [-0.15, -0.1) is 0 Å². The fourth-order valence-corrected chi connectivity index (χ4v) is 4.89. The molecular weight excluding hydrogens is 388 g/mol. The van der Waals surface area contributed by atoms with Gasteiger partial charge in [-0.2, -0.15) is 0 Å². The summed E-state index contributed by atoms with van der Waals surface area (Å²) in [7, 11) is 0. The molecule has 0 atom stereocenters. The molecule has 0 radical (unpaired) electrons. The second-order valence-corrected chi connectivity index (χ2v) is 9.09. The molecule has 6 rings (SSSR count). The van der Waals surface area contributed by atoms with Crippen LogP contribution in [0.15, 0.2) is 91.0 Å². The molecule has 4 aromatic carbocycles. The Kier molecular flexibility index (Phi) is 5.22.